The summed E-state index contributed by atoms with van der Waals surface area (Å²) in [6.45, 7) is 8.96. The Labute approximate surface area is 471 Å². The van der Waals surface area contributed by atoms with E-state index in [1.165, 1.54) is 25.3 Å². The number of pyridine rings is 3. The number of carboxylic acids is 3. The SMILES string of the molecule is CCc1cc(C)ccc1C#Cc1cc(CN2CCN(Cc3cc(C#Cc4ccc(C)cc4CCS(=O)(=O)O)cc(C(=O)O)n3)CCN(Cc3cc(C#Cc4ccc(OC)cc4CCS(=O)(=O)O)cc(C(=O)O)n3)CC2)nc(C(=O)O)c1. The van der Waals surface area contributed by atoms with Crippen LogP contribution in [0, 0.1) is 49.4 Å². The molecule has 4 heterocycles. The molecule has 3 aromatic heterocycles. The Morgan fingerprint density at radius 2 is 0.827 bits per heavy atom. The quantitative estimate of drug-likeness (QED) is 0.0515. The van der Waals surface area contributed by atoms with E-state index < -0.39 is 49.6 Å². The maximum absolute atomic E-state index is 12.5. The topological polar surface area (TPSA) is 278 Å². The van der Waals surface area contributed by atoms with Crippen LogP contribution in [-0.2, 0) is 59.1 Å². The standard InChI is InChI=1S/C60H60N6O13S2/c1-5-45-28-40(2)6-11-46(45)13-8-42-30-51(61-55(33-42)58(67)68)37-64-20-22-65(38-52-31-43(34-56(62-52)59(69)70)9-14-47-12-7-41(3)29-49(47)18-26-80(73,74)75)24-25-66(23-21-64)39-53-32-44(35-57(63-53)60(71)72)10-15-48-16-17-54(79-4)36-50(48)19-27-81(76,77)78/h6-7,11-12,16-17,28-36H,5,18-27,37-39H2,1-4H3,(H,67,68)(H,69,70)(H,71,72)(H,73,74,75)(H,76,77,78). The molecule has 1 saturated heterocycles. The summed E-state index contributed by atoms with van der Waals surface area (Å²) in [4.78, 5) is 57.3. The number of ether oxygens (including phenoxy) is 1. The second-order valence-electron chi connectivity index (χ2n) is 19.5. The Morgan fingerprint density at radius 3 is 1.16 bits per heavy atom. The molecule has 5 N–H and O–H groups in total. The van der Waals surface area contributed by atoms with E-state index in [0.29, 0.717) is 101 Å². The van der Waals surface area contributed by atoms with Crippen LogP contribution in [0.5, 0.6) is 5.75 Å². The van der Waals surface area contributed by atoms with Gasteiger partial charge < -0.3 is 20.1 Å². The van der Waals surface area contributed by atoms with Gasteiger partial charge in [0.25, 0.3) is 20.2 Å². The van der Waals surface area contributed by atoms with E-state index in [0.717, 1.165) is 28.7 Å². The monoisotopic (exact) mass is 1140 g/mol. The maximum Gasteiger partial charge on any atom is 0.354 e. The molecule has 1 aliphatic heterocycles. The van der Waals surface area contributed by atoms with Gasteiger partial charge in [0.2, 0.25) is 0 Å². The minimum atomic E-state index is -4.30. The summed E-state index contributed by atoms with van der Waals surface area (Å²) >= 11 is 0. The molecule has 0 unspecified atom stereocenters. The number of aromatic nitrogens is 3. The zero-order chi connectivity index (χ0) is 58.4. The number of methoxy groups -OCH3 is 1. The molecule has 0 amide bonds. The number of aryl methyl sites for hydroxylation is 5. The van der Waals surface area contributed by atoms with E-state index in [9.17, 15) is 55.6 Å². The van der Waals surface area contributed by atoms with Crippen molar-refractivity contribution in [2.45, 2.75) is 59.7 Å². The zero-order valence-electron chi connectivity index (χ0n) is 45.1. The van der Waals surface area contributed by atoms with Crippen molar-refractivity contribution in [1.29, 1.82) is 0 Å². The molecule has 0 atom stereocenters. The molecule has 0 radical (unpaired) electrons. The van der Waals surface area contributed by atoms with Crippen LogP contribution in [0.1, 0.15) is 117 Å². The van der Waals surface area contributed by atoms with Crippen molar-refractivity contribution in [3.63, 3.8) is 0 Å². The molecular weight excluding hydrogens is 1080 g/mol. The number of hydrogen-bond donors (Lipinski definition) is 5. The van der Waals surface area contributed by atoms with Gasteiger partial charge in [-0.2, -0.15) is 16.8 Å². The van der Waals surface area contributed by atoms with Crippen LogP contribution < -0.4 is 4.74 Å². The Kier molecular flexibility index (Phi) is 20.3. The fourth-order valence-electron chi connectivity index (χ4n) is 9.01. The van der Waals surface area contributed by atoms with Crippen LogP contribution >= 0.6 is 0 Å². The van der Waals surface area contributed by atoms with Crippen molar-refractivity contribution in [2.24, 2.45) is 0 Å². The van der Waals surface area contributed by atoms with Gasteiger partial charge in [0, 0.05) is 92.3 Å². The number of carbonyl (C=O) groups is 3. The predicted molar refractivity (Wildman–Crippen MR) is 302 cm³/mol. The average molecular weight is 1140 g/mol. The third-order valence-electron chi connectivity index (χ3n) is 13.1. The van der Waals surface area contributed by atoms with Crippen LogP contribution in [-0.4, -0.2) is 147 Å². The summed E-state index contributed by atoms with van der Waals surface area (Å²) in [7, 11) is -7.11. The Balaban J connectivity index is 1.22. The van der Waals surface area contributed by atoms with Crippen molar-refractivity contribution < 1.29 is 60.4 Å². The normalized spacial score (nSPS) is 13.5. The number of nitrogens with zero attached hydrogens (tertiary/aromatic N) is 6. The summed E-state index contributed by atoms with van der Waals surface area (Å²) in [5.74, 6) is 14.1. The molecule has 3 aromatic carbocycles. The lowest BCUT2D eigenvalue weighted by Gasteiger charge is -2.25. The Bertz CT molecular complexity index is 3820. The van der Waals surface area contributed by atoms with Crippen molar-refractivity contribution in [2.75, 3.05) is 57.9 Å². The summed E-state index contributed by atoms with van der Waals surface area (Å²) < 4.78 is 70.8. The second kappa shape index (κ2) is 27.2. The number of aromatic carboxylic acids is 3. The van der Waals surface area contributed by atoms with E-state index in [-0.39, 0.29) is 49.6 Å². The van der Waals surface area contributed by atoms with Crippen molar-refractivity contribution in [3.8, 4) is 41.3 Å². The van der Waals surface area contributed by atoms with E-state index in [4.69, 9.17) is 4.74 Å². The first-order chi connectivity index (χ1) is 38.5. The lowest BCUT2D eigenvalue weighted by molar-refractivity contribution is 0.0679. The summed E-state index contributed by atoms with van der Waals surface area (Å²) in [5, 5.41) is 30.6. The molecule has 420 valence electrons. The first-order valence-electron chi connectivity index (χ1n) is 25.7. The molecule has 21 heteroatoms. The van der Waals surface area contributed by atoms with Gasteiger partial charge in [0.05, 0.1) is 35.7 Å². The minimum Gasteiger partial charge on any atom is -0.497 e. The molecule has 0 bridgehead atoms. The lowest BCUT2D eigenvalue weighted by atomic mass is 10.0. The van der Waals surface area contributed by atoms with Crippen molar-refractivity contribution in [3.05, 3.63) is 186 Å². The third-order valence-corrected chi connectivity index (χ3v) is 14.6. The van der Waals surface area contributed by atoms with Crippen molar-refractivity contribution in [1.82, 2.24) is 29.7 Å². The number of hydrogen-bond acceptors (Lipinski definition) is 14. The first-order valence-corrected chi connectivity index (χ1v) is 28.9. The molecule has 0 aliphatic carbocycles. The van der Waals surface area contributed by atoms with Gasteiger partial charge in [-0.15, -0.1) is 0 Å². The third kappa shape index (κ3) is 18.6. The smallest absolute Gasteiger partial charge is 0.354 e. The Hall–Kier alpha value is -8.30. The number of benzene rings is 3. The van der Waals surface area contributed by atoms with Crippen LogP contribution in [0.2, 0.25) is 0 Å². The molecule has 19 nitrogen and oxygen atoms in total. The lowest BCUT2D eigenvalue weighted by Crippen LogP contribution is -2.36. The fraction of sp³-hybridized carbons (Fsp3) is 0.300. The van der Waals surface area contributed by atoms with Gasteiger partial charge in [-0.05, 0) is 117 Å². The highest BCUT2D eigenvalue weighted by Crippen LogP contribution is 2.21. The van der Waals surface area contributed by atoms with Gasteiger partial charge in [0.15, 0.2) is 0 Å². The minimum absolute atomic E-state index is 0.00528. The van der Waals surface area contributed by atoms with Crippen molar-refractivity contribution >= 4 is 38.1 Å². The maximum atomic E-state index is 12.5. The fourth-order valence-corrected chi connectivity index (χ4v) is 9.96. The van der Waals surface area contributed by atoms with Gasteiger partial charge >= 0.3 is 17.9 Å². The summed E-state index contributed by atoms with van der Waals surface area (Å²) in [6.07, 6.45) is 0.701. The molecular formula is C60H60N6O13S2. The largest absolute Gasteiger partial charge is 0.497 e. The van der Waals surface area contributed by atoms with Gasteiger partial charge in [-0.1, -0.05) is 77.8 Å². The molecule has 0 saturated carbocycles. The molecule has 6 aromatic rings. The van der Waals surface area contributed by atoms with E-state index in [2.05, 4.69) is 71.2 Å². The average Bonchev–Trinajstić information content (AvgIpc) is 3.55. The highest BCUT2D eigenvalue weighted by molar-refractivity contribution is 7.86. The summed E-state index contributed by atoms with van der Waals surface area (Å²) in [6, 6.07) is 25.5. The molecule has 1 aliphatic rings. The number of carboxylic acid groups (broad SMARTS) is 3. The van der Waals surface area contributed by atoms with Crippen LogP contribution in [0.3, 0.4) is 0 Å². The van der Waals surface area contributed by atoms with E-state index in [1.807, 2.05) is 39.0 Å². The molecule has 7 rings (SSSR count). The summed E-state index contributed by atoms with van der Waals surface area (Å²) in [5.41, 5.74) is 7.54. The number of rotatable bonds is 17. The zero-order valence-corrected chi connectivity index (χ0v) is 46.7. The van der Waals surface area contributed by atoms with Gasteiger partial charge in [0.1, 0.15) is 22.8 Å². The Morgan fingerprint density at radius 1 is 0.494 bits per heavy atom. The predicted octanol–water partition coefficient (Wildman–Crippen LogP) is 6.03. The van der Waals surface area contributed by atoms with E-state index in [1.54, 1.807) is 48.5 Å². The van der Waals surface area contributed by atoms with Crippen LogP contribution in [0.15, 0.2) is 91.0 Å². The van der Waals surface area contributed by atoms with Crippen LogP contribution in [0.4, 0.5) is 0 Å². The van der Waals surface area contributed by atoms with Gasteiger partial charge in [-0.25, -0.2) is 29.3 Å². The molecule has 81 heavy (non-hydrogen) atoms. The van der Waals surface area contributed by atoms with E-state index >= 15 is 0 Å². The second-order valence-corrected chi connectivity index (χ2v) is 22.6. The highest BCUT2D eigenvalue weighted by atomic mass is 32.2. The first kappa shape index (κ1) is 60.3. The van der Waals surface area contributed by atoms with Gasteiger partial charge in [-0.3, -0.25) is 23.8 Å². The molecule has 1 fully saturated rings. The highest BCUT2D eigenvalue weighted by Gasteiger charge is 2.22. The van der Waals surface area contributed by atoms with Crippen LogP contribution in [0.25, 0.3) is 0 Å². The molecule has 0 spiro atoms.